The van der Waals surface area contributed by atoms with Crippen LogP contribution in [0.25, 0.3) is 0 Å². The van der Waals surface area contributed by atoms with E-state index >= 15 is 0 Å². The van der Waals surface area contributed by atoms with Crippen molar-refractivity contribution in [1.82, 2.24) is 4.98 Å². The van der Waals surface area contributed by atoms with Crippen LogP contribution >= 0.6 is 0 Å². The standard InChI is InChI=1S/C17H22FN3O2S/c1-12(2)8-9-19-14-4-7-17(20-11-14)21-24(22,23)15-5-6-16(18)13(3)10-15/h4-7,10-12,19H,8-9H2,1-3H3,(H,20,21). The minimum Gasteiger partial charge on any atom is -0.384 e. The number of anilines is 2. The van der Waals surface area contributed by atoms with E-state index in [0.717, 1.165) is 24.7 Å². The average Bonchev–Trinajstić information content (AvgIpc) is 2.51. The van der Waals surface area contributed by atoms with Gasteiger partial charge in [0.05, 0.1) is 16.8 Å². The monoisotopic (exact) mass is 351 g/mol. The summed E-state index contributed by atoms with van der Waals surface area (Å²) in [6.45, 7) is 6.65. The fraction of sp³-hybridized carbons (Fsp3) is 0.353. The Kier molecular flexibility index (Phi) is 5.77. The summed E-state index contributed by atoms with van der Waals surface area (Å²) in [5, 5.41) is 3.23. The molecule has 0 fully saturated rings. The molecule has 0 saturated carbocycles. The van der Waals surface area contributed by atoms with E-state index in [2.05, 4.69) is 28.9 Å². The Morgan fingerprint density at radius 3 is 2.54 bits per heavy atom. The number of halogens is 1. The molecule has 2 aromatic rings. The van der Waals surface area contributed by atoms with Gasteiger partial charge in [0, 0.05) is 6.54 Å². The van der Waals surface area contributed by atoms with Crippen molar-refractivity contribution in [2.75, 3.05) is 16.6 Å². The highest BCUT2D eigenvalue weighted by Gasteiger charge is 2.16. The number of aryl methyl sites for hydroxylation is 1. The second-order valence-electron chi connectivity index (χ2n) is 6.06. The highest BCUT2D eigenvalue weighted by atomic mass is 32.2. The molecule has 1 heterocycles. The molecule has 2 N–H and O–H groups in total. The molecule has 5 nitrogen and oxygen atoms in total. The molecule has 0 unspecified atom stereocenters. The van der Waals surface area contributed by atoms with E-state index < -0.39 is 15.8 Å². The van der Waals surface area contributed by atoms with Crippen LogP contribution in [0.5, 0.6) is 0 Å². The lowest BCUT2D eigenvalue weighted by Crippen LogP contribution is -2.14. The van der Waals surface area contributed by atoms with E-state index in [1.165, 1.54) is 19.1 Å². The molecule has 24 heavy (non-hydrogen) atoms. The maximum atomic E-state index is 13.3. The number of hydrogen-bond acceptors (Lipinski definition) is 4. The normalized spacial score (nSPS) is 11.5. The van der Waals surface area contributed by atoms with Gasteiger partial charge in [-0.2, -0.15) is 0 Å². The van der Waals surface area contributed by atoms with E-state index in [9.17, 15) is 12.8 Å². The molecule has 0 atom stereocenters. The average molecular weight is 351 g/mol. The third-order valence-corrected chi connectivity index (χ3v) is 4.85. The van der Waals surface area contributed by atoms with Crippen LogP contribution in [0.4, 0.5) is 15.9 Å². The lowest BCUT2D eigenvalue weighted by atomic mass is 10.1. The van der Waals surface area contributed by atoms with Crippen molar-refractivity contribution in [3.05, 3.63) is 47.9 Å². The predicted molar refractivity (Wildman–Crippen MR) is 94.1 cm³/mol. The summed E-state index contributed by atoms with van der Waals surface area (Å²) in [6, 6.07) is 7.01. The fourth-order valence-electron chi connectivity index (χ4n) is 2.04. The minimum atomic E-state index is -3.79. The zero-order valence-corrected chi connectivity index (χ0v) is 14.8. The Morgan fingerprint density at radius 2 is 1.96 bits per heavy atom. The number of rotatable bonds is 7. The number of pyridine rings is 1. The van der Waals surface area contributed by atoms with Crippen molar-refractivity contribution in [3.8, 4) is 0 Å². The first-order valence-corrected chi connectivity index (χ1v) is 9.25. The van der Waals surface area contributed by atoms with Crippen molar-refractivity contribution in [2.45, 2.75) is 32.1 Å². The van der Waals surface area contributed by atoms with Crippen molar-refractivity contribution in [3.63, 3.8) is 0 Å². The lowest BCUT2D eigenvalue weighted by Gasteiger charge is -2.10. The molecule has 0 spiro atoms. The summed E-state index contributed by atoms with van der Waals surface area (Å²) in [4.78, 5) is 4.10. The molecule has 0 aliphatic rings. The van der Waals surface area contributed by atoms with E-state index in [4.69, 9.17) is 0 Å². The van der Waals surface area contributed by atoms with Crippen molar-refractivity contribution in [2.24, 2.45) is 5.92 Å². The third-order valence-electron chi connectivity index (χ3n) is 3.49. The first-order valence-electron chi connectivity index (χ1n) is 7.77. The highest BCUT2D eigenvalue weighted by Crippen LogP contribution is 2.18. The minimum absolute atomic E-state index is 0.00216. The Balaban J connectivity index is 2.05. The van der Waals surface area contributed by atoms with Gasteiger partial charge in [-0.1, -0.05) is 13.8 Å². The van der Waals surface area contributed by atoms with Crippen LogP contribution in [0.2, 0.25) is 0 Å². The summed E-state index contributed by atoms with van der Waals surface area (Å²) in [7, 11) is -3.79. The van der Waals surface area contributed by atoms with Gasteiger partial charge in [0.25, 0.3) is 10.0 Å². The molecular weight excluding hydrogens is 329 g/mol. The summed E-state index contributed by atoms with van der Waals surface area (Å²) in [5.74, 6) is 0.381. The van der Waals surface area contributed by atoms with Crippen LogP contribution in [-0.2, 0) is 10.0 Å². The smallest absolute Gasteiger partial charge is 0.263 e. The quantitative estimate of drug-likeness (QED) is 0.796. The third kappa shape index (κ3) is 4.92. The molecule has 0 saturated heterocycles. The topological polar surface area (TPSA) is 71.1 Å². The lowest BCUT2D eigenvalue weighted by molar-refractivity contribution is 0.598. The van der Waals surface area contributed by atoms with E-state index in [-0.39, 0.29) is 16.3 Å². The Labute approximate surface area is 142 Å². The number of hydrogen-bond donors (Lipinski definition) is 2. The van der Waals surface area contributed by atoms with Crippen molar-refractivity contribution < 1.29 is 12.8 Å². The van der Waals surface area contributed by atoms with Gasteiger partial charge in [-0.15, -0.1) is 0 Å². The number of nitrogens with zero attached hydrogens (tertiary/aromatic N) is 1. The summed E-state index contributed by atoms with van der Waals surface area (Å²) in [6.07, 6.45) is 2.62. The molecule has 7 heteroatoms. The van der Waals surface area contributed by atoms with Gasteiger partial charge in [-0.3, -0.25) is 4.72 Å². The molecule has 0 amide bonds. The second-order valence-corrected chi connectivity index (χ2v) is 7.74. The molecule has 0 radical (unpaired) electrons. The molecule has 130 valence electrons. The van der Waals surface area contributed by atoms with Gasteiger partial charge in [0.2, 0.25) is 0 Å². The Bertz CT molecular complexity index is 790. The molecule has 0 aliphatic carbocycles. The van der Waals surface area contributed by atoms with E-state index in [1.54, 1.807) is 18.3 Å². The van der Waals surface area contributed by atoms with Crippen LogP contribution < -0.4 is 10.0 Å². The van der Waals surface area contributed by atoms with Crippen LogP contribution in [0.1, 0.15) is 25.8 Å². The highest BCUT2D eigenvalue weighted by molar-refractivity contribution is 7.92. The maximum Gasteiger partial charge on any atom is 0.263 e. The Hall–Kier alpha value is -2.15. The maximum absolute atomic E-state index is 13.3. The number of aromatic nitrogens is 1. The molecule has 0 bridgehead atoms. The predicted octanol–water partition coefficient (Wildman–Crippen LogP) is 3.79. The van der Waals surface area contributed by atoms with Crippen LogP contribution in [0.15, 0.2) is 41.4 Å². The van der Waals surface area contributed by atoms with E-state index in [0.29, 0.717) is 5.92 Å². The first kappa shape index (κ1) is 18.2. The van der Waals surface area contributed by atoms with Gasteiger partial charge in [-0.25, -0.2) is 17.8 Å². The summed E-state index contributed by atoms with van der Waals surface area (Å²) >= 11 is 0. The van der Waals surface area contributed by atoms with Crippen molar-refractivity contribution >= 4 is 21.5 Å². The molecule has 1 aromatic carbocycles. The fourth-order valence-corrected chi connectivity index (χ4v) is 3.14. The summed E-state index contributed by atoms with van der Waals surface area (Å²) < 4.78 is 40.3. The zero-order chi connectivity index (χ0) is 17.7. The largest absolute Gasteiger partial charge is 0.384 e. The van der Waals surface area contributed by atoms with E-state index in [1.807, 2.05) is 0 Å². The first-order chi connectivity index (χ1) is 11.3. The Morgan fingerprint density at radius 1 is 1.21 bits per heavy atom. The number of nitrogens with one attached hydrogen (secondary N) is 2. The van der Waals surface area contributed by atoms with Crippen LogP contribution in [0.3, 0.4) is 0 Å². The number of sulfonamides is 1. The summed E-state index contributed by atoms with van der Waals surface area (Å²) in [5.41, 5.74) is 1.10. The van der Waals surface area contributed by atoms with Gasteiger partial charge < -0.3 is 5.32 Å². The van der Waals surface area contributed by atoms with Gasteiger partial charge >= 0.3 is 0 Å². The molecule has 0 aliphatic heterocycles. The SMILES string of the molecule is Cc1cc(S(=O)(=O)Nc2ccc(NCCC(C)C)cn2)ccc1F. The van der Waals surface area contributed by atoms with Crippen LogP contribution in [-0.4, -0.2) is 19.9 Å². The second kappa shape index (κ2) is 7.61. The number of benzene rings is 1. The van der Waals surface area contributed by atoms with Crippen LogP contribution in [0, 0.1) is 18.7 Å². The van der Waals surface area contributed by atoms with Gasteiger partial charge in [0.15, 0.2) is 0 Å². The molecule has 1 aromatic heterocycles. The molecular formula is C17H22FN3O2S. The van der Waals surface area contributed by atoms with Crippen molar-refractivity contribution in [1.29, 1.82) is 0 Å². The molecule has 2 rings (SSSR count). The van der Waals surface area contributed by atoms with Gasteiger partial charge in [-0.05, 0) is 55.2 Å². The zero-order valence-electron chi connectivity index (χ0n) is 14.0. The van der Waals surface area contributed by atoms with Gasteiger partial charge in [0.1, 0.15) is 11.6 Å².